The van der Waals surface area contributed by atoms with Crippen molar-refractivity contribution in [1.29, 1.82) is 5.26 Å². The van der Waals surface area contributed by atoms with E-state index in [2.05, 4.69) is 0 Å². The van der Waals surface area contributed by atoms with Crippen LogP contribution in [0.5, 0.6) is 0 Å². The Bertz CT molecular complexity index is 340. The van der Waals surface area contributed by atoms with E-state index in [0.29, 0.717) is 13.1 Å². The van der Waals surface area contributed by atoms with Gasteiger partial charge >= 0.3 is 5.97 Å². The highest BCUT2D eigenvalue weighted by atomic mass is 16.4. The first-order valence-corrected chi connectivity index (χ1v) is 4.56. The Morgan fingerprint density at radius 2 is 2.47 bits per heavy atom. The molecule has 0 saturated carbocycles. The number of aliphatic carboxylic acids is 1. The van der Waals surface area contributed by atoms with E-state index in [1.165, 1.54) is 0 Å². The highest BCUT2D eigenvalue weighted by molar-refractivity contribution is 5.66. The molecule has 0 aromatic carbocycles. The van der Waals surface area contributed by atoms with Crippen LogP contribution in [-0.2, 0) is 11.3 Å². The van der Waals surface area contributed by atoms with Gasteiger partial charge in [-0.1, -0.05) is 0 Å². The minimum absolute atomic E-state index is 0.0301. The lowest BCUT2D eigenvalue weighted by Gasteiger charge is -2.15. The van der Waals surface area contributed by atoms with Gasteiger partial charge in [-0.05, 0) is 12.1 Å². The van der Waals surface area contributed by atoms with Crippen LogP contribution in [0.1, 0.15) is 12.2 Å². The summed E-state index contributed by atoms with van der Waals surface area (Å²) in [6, 6.07) is 5.55. The largest absolute Gasteiger partial charge is 0.481 e. The second-order valence-corrected chi connectivity index (χ2v) is 3.09. The molecule has 0 unspecified atom stereocenters. The number of carboxylic acids is 1. The van der Waals surface area contributed by atoms with Crippen molar-refractivity contribution in [2.75, 3.05) is 13.1 Å². The zero-order chi connectivity index (χ0) is 11.1. The molecular weight excluding hydrogens is 196 g/mol. The molecule has 1 rings (SSSR count). The summed E-state index contributed by atoms with van der Waals surface area (Å²) >= 11 is 0. The van der Waals surface area contributed by atoms with E-state index in [9.17, 15) is 4.79 Å². The Hall–Kier alpha value is -1.80. The molecule has 1 aromatic rings. The SMILES string of the molecule is N#CCN(CCC(=O)O)Cc1ccco1. The minimum Gasteiger partial charge on any atom is -0.481 e. The molecule has 0 atom stereocenters. The first-order valence-electron chi connectivity index (χ1n) is 4.56. The highest BCUT2D eigenvalue weighted by Crippen LogP contribution is 2.05. The summed E-state index contributed by atoms with van der Waals surface area (Å²) in [7, 11) is 0. The van der Waals surface area contributed by atoms with Crippen LogP contribution in [0.4, 0.5) is 0 Å². The van der Waals surface area contributed by atoms with Gasteiger partial charge in [0.05, 0.1) is 31.8 Å². The fourth-order valence-electron chi connectivity index (χ4n) is 1.19. The van der Waals surface area contributed by atoms with E-state index in [1.807, 2.05) is 6.07 Å². The lowest BCUT2D eigenvalue weighted by molar-refractivity contribution is -0.137. The smallest absolute Gasteiger partial charge is 0.304 e. The molecule has 0 aliphatic heterocycles. The summed E-state index contributed by atoms with van der Waals surface area (Å²) in [5, 5.41) is 17.1. The van der Waals surface area contributed by atoms with E-state index in [-0.39, 0.29) is 13.0 Å². The first kappa shape index (κ1) is 11.3. The number of nitriles is 1. The number of carbonyl (C=O) groups is 1. The predicted molar refractivity (Wildman–Crippen MR) is 51.9 cm³/mol. The normalized spacial score (nSPS) is 10.1. The Balaban J connectivity index is 2.44. The Morgan fingerprint density at radius 3 is 3.00 bits per heavy atom. The molecule has 1 aromatic heterocycles. The van der Waals surface area contributed by atoms with Crippen LogP contribution < -0.4 is 0 Å². The minimum atomic E-state index is -0.864. The van der Waals surface area contributed by atoms with Crippen molar-refractivity contribution in [2.24, 2.45) is 0 Å². The van der Waals surface area contributed by atoms with Crippen molar-refractivity contribution in [3.8, 4) is 6.07 Å². The van der Waals surface area contributed by atoms with Gasteiger partial charge in [-0.3, -0.25) is 9.69 Å². The molecular formula is C10H12N2O3. The quantitative estimate of drug-likeness (QED) is 0.708. The van der Waals surface area contributed by atoms with Crippen LogP contribution in [0.2, 0.25) is 0 Å². The number of rotatable bonds is 6. The zero-order valence-electron chi connectivity index (χ0n) is 8.22. The van der Waals surface area contributed by atoms with Crippen molar-refractivity contribution in [2.45, 2.75) is 13.0 Å². The molecule has 0 bridgehead atoms. The monoisotopic (exact) mass is 208 g/mol. The average molecular weight is 208 g/mol. The third-order valence-electron chi connectivity index (χ3n) is 1.90. The van der Waals surface area contributed by atoms with Gasteiger partial charge in [0.1, 0.15) is 5.76 Å². The van der Waals surface area contributed by atoms with Crippen LogP contribution in [0.3, 0.4) is 0 Å². The van der Waals surface area contributed by atoms with E-state index in [1.54, 1.807) is 23.3 Å². The Labute approximate surface area is 87.5 Å². The van der Waals surface area contributed by atoms with Gasteiger partial charge < -0.3 is 9.52 Å². The van der Waals surface area contributed by atoms with Crippen LogP contribution in [0.15, 0.2) is 22.8 Å². The maximum Gasteiger partial charge on any atom is 0.304 e. The van der Waals surface area contributed by atoms with Gasteiger partial charge in [-0.25, -0.2) is 0 Å². The lowest BCUT2D eigenvalue weighted by atomic mass is 10.3. The van der Waals surface area contributed by atoms with E-state index < -0.39 is 5.97 Å². The highest BCUT2D eigenvalue weighted by Gasteiger charge is 2.09. The molecule has 0 saturated heterocycles. The number of furan rings is 1. The molecule has 0 fully saturated rings. The molecule has 80 valence electrons. The van der Waals surface area contributed by atoms with Crippen LogP contribution in [0.25, 0.3) is 0 Å². The molecule has 1 N–H and O–H groups in total. The van der Waals surface area contributed by atoms with Crippen molar-refractivity contribution >= 4 is 5.97 Å². The van der Waals surface area contributed by atoms with Crippen LogP contribution >= 0.6 is 0 Å². The van der Waals surface area contributed by atoms with Gasteiger partial charge in [-0.2, -0.15) is 5.26 Å². The second kappa shape index (κ2) is 5.83. The zero-order valence-corrected chi connectivity index (χ0v) is 8.22. The summed E-state index contributed by atoms with van der Waals surface area (Å²) in [5.41, 5.74) is 0. The summed E-state index contributed by atoms with van der Waals surface area (Å²) in [6.07, 6.45) is 1.58. The van der Waals surface area contributed by atoms with Gasteiger partial charge in [0.2, 0.25) is 0 Å². The molecule has 0 spiro atoms. The topological polar surface area (TPSA) is 77.5 Å². The molecule has 0 aliphatic carbocycles. The predicted octanol–water partition coefficient (Wildman–Crippen LogP) is 1.08. The lowest BCUT2D eigenvalue weighted by Crippen LogP contribution is -2.26. The van der Waals surface area contributed by atoms with E-state index in [0.717, 1.165) is 5.76 Å². The molecule has 0 amide bonds. The Kier molecular flexibility index (Phi) is 4.38. The van der Waals surface area contributed by atoms with Gasteiger partial charge in [0.15, 0.2) is 0 Å². The third-order valence-corrected chi connectivity index (χ3v) is 1.90. The molecule has 5 nitrogen and oxygen atoms in total. The third kappa shape index (κ3) is 4.29. The standard InChI is InChI=1S/C10H12N2O3/c11-4-6-12(5-3-10(13)14)8-9-2-1-7-15-9/h1-2,7H,3,5-6,8H2,(H,13,14). The van der Waals surface area contributed by atoms with E-state index >= 15 is 0 Å². The van der Waals surface area contributed by atoms with Gasteiger partial charge in [-0.15, -0.1) is 0 Å². The fourth-order valence-corrected chi connectivity index (χ4v) is 1.19. The number of carboxylic acid groups (broad SMARTS) is 1. The summed E-state index contributed by atoms with van der Waals surface area (Å²) in [6.45, 7) is 1.02. The summed E-state index contributed by atoms with van der Waals surface area (Å²) in [5.74, 6) is -0.131. The average Bonchev–Trinajstić information content (AvgIpc) is 2.67. The maximum atomic E-state index is 10.4. The van der Waals surface area contributed by atoms with Crippen molar-refractivity contribution in [3.63, 3.8) is 0 Å². The molecule has 0 radical (unpaired) electrons. The molecule has 1 heterocycles. The number of hydrogen-bond donors (Lipinski definition) is 1. The molecule has 15 heavy (non-hydrogen) atoms. The number of hydrogen-bond acceptors (Lipinski definition) is 4. The van der Waals surface area contributed by atoms with Gasteiger partial charge in [0, 0.05) is 6.54 Å². The van der Waals surface area contributed by atoms with Crippen molar-refractivity contribution in [3.05, 3.63) is 24.2 Å². The first-order chi connectivity index (χ1) is 7.22. The summed E-state index contributed by atoms with van der Waals surface area (Å²) in [4.78, 5) is 12.1. The van der Waals surface area contributed by atoms with E-state index in [4.69, 9.17) is 14.8 Å². The molecule has 0 aliphatic rings. The summed E-state index contributed by atoms with van der Waals surface area (Å²) < 4.78 is 5.12. The number of nitrogens with zero attached hydrogens (tertiary/aromatic N) is 2. The van der Waals surface area contributed by atoms with Crippen molar-refractivity contribution in [1.82, 2.24) is 4.90 Å². The Morgan fingerprint density at radius 1 is 1.67 bits per heavy atom. The van der Waals surface area contributed by atoms with Crippen LogP contribution in [0, 0.1) is 11.3 Å². The van der Waals surface area contributed by atoms with Crippen molar-refractivity contribution < 1.29 is 14.3 Å². The second-order valence-electron chi connectivity index (χ2n) is 3.09. The van der Waals surface area contributed by atoms with Gasteiger partial charge in [0.25, 0.3) is 0 Å². The fraction of sp³-hybridized carbons (Fsp3) is 0.400. The molecule has 5 heteroatoms. The van der Waals surface area contributed by atoms with Crippen LogP contribution in [-0.4, -0.2) is 29.1 Å². The maximum absolute atomic E-state index is 10.4.